The Kier molecular flexibility index (Phi) is 4.48. The highest BCUT2D eigenvalue weighted by molar-refractivity contribution is 6.01. The van der Waals surface area contributed by atoms with E-state index in [4.69, 9.17) is 10.2 Å². The molecule has 0 saturated heterocycles. The van der Waals surface area contributed by atoms with E-state index in [0.717, 1.165) is 0 Å². The maximum atomic E-state index is 11.5. The van der Waals surface area contributed by atoms with Crippen LogP contribution in [0.5, 0.6) is 0 Å². The number of carboxylic acids is 1. The van der Waals surface area contributed by atoms with E-state index in [-0.39, 0.29) is 17.8 Å². The van der Waals surface area contributed by atoms with Crippen molar-refractivity contribution in [2.75, 3.05) is 6.61 Å². The summed E-state index contributed by atoms with van der Waals surface area (Å²) in [4.78, 5) is 22.1. The molecule has 0 rings (SSSR count). The molecular formula is C10H17NO4. The topological polar surface area (TPSA) is 86.6 Å². The zero-order valence-electron chi connectivity index (χ0n) is 9.42. The maximum Gasteiger partial charge on any atom is 0.331 e. The molecule has 0 unspecified atom stereocenters. The van der Waals surface area contributed by atoms with Gasteiger partial charge in [-0.25, -0.2) is 4.79 Å². The molecule has 0 saturated carbocycles. The molecule has 0 radical (unpaired) electrons. The van der Waals surface area contributed by atoms with E-state index in [9.17, 15) is 9.59 Å². The van der Waals surface area contributed by atoms with Crippen LogP contribution in [0.15, 0.2) is 11.1 Å². The number of hydrogen-bond acceptors (Lipinski definition) is 3. The number of aliphatic hydroxyl groups excluding tert-OH is 1. The molecule has 0 heterocycles. The Morgan fingerprint density at radius 2 is 1.67 bits per heavy atom. The molecule has 3 N–H and O–H groups in total. The third-order valence-corrected chi connectivity index (χ3v) is 2.07. The van der Waals surface area contributed by atoms with Crippen molar-refractivity contribution in [2.45, 2.75) is 33.2 Å². The predicted molar refractivity (Wildman–Crippen MR) is 55.3 cm³/mol. The molecule has 86 valence electrons. The number of aliphatic carboxylic acids is 1. The molecule has 5 nitrogen and oxygen atoms in total. The summed E-state index contributed by atoms with van der Waals surface area (Å²) in [7, 11) is 0. The molecule has 0 aromatic carbocycles. The number of carbonyl (C=O) groups excluding carboxylic acids is 1. The summed E-state index contributed by atoms with van der Waals surface area (Å²) in [6.45, 7) is 5.89. The summed E-state index contributed by atoms with van der Waals surface area (Å²) >= 11 is 0. The first-order chi connectivity index (χ1) is 6.71. The van der Waals surface area contributed by atoms with E-state index in [1.54, 1.807) is 13.8 Å². The molecule has 5 heteroatoms. The van der Waals surface area contributed by atoms with E-state index >= 15 is 0 Å². The lowest BCUT2D eigenvalue weighted by molar-refractivity contribution is -0.133. The van der Waals surface area contributed by atoms with Crippen LogP contribution in [0.25, 0.3) is 0 Å². The lowest BCUT2D eigenvalue weighted by Crippen LogP contribution is -2.46. The molecule has 1 amide bonds. The smallest absolute Gasteiger partial charge is 0.331 e. The van der Waals surface area contributed by atoms with Gasteiger partial charge in [0, 0.05) is 11.1 Å². The fourth-order valence-corrected chi connectivity index (χ4v) is 0.771. The zero-order valence-corrected chi connectivity index (χ0v) is 9.42. The Hall–Kier alpha value is -1.36. The Balaban J connectivity index is 4.75. The van der Waals surface area contributed by atoms with Crippen LogP contribution in [0.4, 0.5) is 0 Å². The number of carboxylic acid groups (broad SMARTS) is 1. The van der Waals surface area contributed by atoms with Crippen molar-refractivity contribution in [3.8, 4) is 0 Å². The van der Waals surface area contributed by atoms with Crippen LogP contribution in [0, 0.1) is 0 Å². The fourth-order valence-electron chi connectivity index (χ4n) is 0.771. The Morgan fingerprint density at radius 3 is 2.00 bits per heavy atom. The van der Waals surface area contributed by atoms with Crippen molar-refractivity contribution in [1.82, 2.24) is 5.32 Å². The zero-order chi connectivity index (χ0) is 12.2. The Bertz CT molecular complexity index is 305. The van der Waals surface area contributed by atoms with Crippen LogP contribution in [-0.2, 0) is 9.59 Å². The van der Waals surface area contributed by atoms with Crippen molar-refractivity contribution in [3.63, 3.8) is 0 Å². The number of rotatable bonds is 4. The number of carbonyl (C=O) groups is 2. The number of amides is 1. The third-order valence-electron chi connectivity index (χ3n) is 2.07. The van der Waals surface area contributed by atoms with Crippen molar-refractivity contribution in [3.05, 3.63) is 11.1 Å². The molecular weight excluding hydrogens is 198 g/mol. The van der Waals surface area contributed by atoms with E-state index in [1.807, 2.05) is 0 Å². The third kappa shape index (κ3) is 4.12. The maximum absolute atomic E-state index is 11.5. The minimum Gasteiger partial charge on any atom is -0.478 e. The first-order valence-corrected chi connectivity index (χ1v) is 4.55. The molecule has 0 spiro atoms. The van der Waals surface area contributed by atoms with Crippen LogP contribution in [0.1, 0.15) is 27.7 Å². The summed E-state index contributed by atoms with van der Waals surface area (Å²) in [5, 5.41) is 20.1. The second-order valence-corrected chi connectivity index (χ2v) is 4.05. The average Bonchev–Trinajstić information content (AvgIpc) is 2.14. The van der Waals surface area contributed by atoms with E-state index in [0.29, 0.717) is 0 Å². The van der Waals surface area contributed by atoms with Gasteiger partial charge in [-0.15, -0.1) is 0 Å². The van der Waals surface area contributed by atoms with Crippen LogP contribution < -0.4 is 5.32 Å². The van der Waals surface area contributed by atoms with Crippen LogP contribution in [-0.4, -0.2) is 34.2 Å². The molecule has 0 atom stereocenters. The summed E-state index contributed by atoms with van der Waals surface area (Å²) in [5.41, 5.74) is -0.609. The number of hydrogen-bond donors (Lipinski definition) is 3. The highest BCUT2D eigenvalue weighted by Crippen LogP contribution is 2.07. The lowest BCUT2D eigenvalue weighted by atomic mass is 10.1. The summed E-state index contributed by atoms with van der Waals surface area (Å²) in [6.07, 6.45) is 0. The van der Waals surface area contributed by atoms with Gasteiger partial charge >= 0.3 is 5.97 Å². The summed E-state index contributed by atoms with van der Waals surface area (Å²) in [5.74, 6) is -1.60. The molecule has 0 aliphatic heterocycles. The van der Waals surface area contributed by atoms with E-state index in [1.165, 1.54) is 13.8 Å². The van der Waals surface area contributed by atoms with Crippen LogP contribution in [0.3, 0.4) is 0 Å². The van der Waals surface area contributed by atoms with Crippen molar-refractivity contribution < 1.29 is 19.8 Å². The molecule has 0 aliphatic rings. The van der Waals surface area contributed by atoms with Gasteiger partial charge in [-0.1, -0.05) is 0 Å². The Labute approximate surface area is 88.8 Å². The summed E-state index contributed by atoms with van der Waals surface area (Å²) in [6, 6.07) is 0. The van der Waals surface area contributed by atoms with E-state index < -0.39 is 17.4 Å². The minimum atomic E-state index is -1.12. The average molecular weight is 215 g/mol. The lowest BCUT2D eigenvalue weighted by Gasteiger charge is -2.23. The fraction of sp³-hybridized carbons (Fsp3) is 0.600. The number of nitrogens with one attached hydrogen (secondary N) is 1. The minimum absolute atomic E-state index is 0.00115. The van der Waals surface area contributed by atoms with Gasteiger partial charge in [0.05, 0.1) is 12.1 Å². The number of aliphatic hydroxyl groups is 1. The highest BCUT2D eigenvalue weighted by Gasteiger charge is 2.21. The second kappa shape index (κ2) is 4.93. The highest BCUT2D eigenvalue weighted by atomic mass is 16.4. The van der Waals surface area contributed by atoms with Gasteiger partial charge in [0.25, 0.3) is 0 Å². The van der Waals surface area contributed by atoms with Gasteiger partial charge in [-0.05, 0) is 27.7 Å². The normalized spacial score (nSPS) is 13.1. The molecule has 0 aromatic rings. The molecule has 15 heavy (non-hydrogen) atoms. The summed E-state index contributed by atoms with van der Waals surface area (Å²) < 4.78 is 0. The van der Waals surface area contributed by atoms with E-state index in [2.05, 4.69) is 5.32 Å². The molecule has 0 aliphatic carbocycles. The van der Waals surface area contributed by atoms with Gasteiger partial charge in [0.2, 0.25) is 5.91 Å². The Morgan fingerprint density at radius 1 is 1.20 bits per heavy atom. The monoisotopic (exact) mass is 215 g/mol. The predicted octanol–water partition coefficient (Wildman–Crippen LogP) is 0.294. The van der Waals surface area contributed by atoms with Crippen LogP contribution in [0.2, 0.25) is 0 Å². The first-order valence-electron chi connectivity index (χ1n) is 4.55. The van der Waals surface area contributed by atoms with Gasteiger partial charge in [0.1, 0.15) is 0 Å². The van der Waals surface area contributed by atoms with Crippen molar-refractivity contribution >= 4 is 11.9 Å². The molecule has 0 aromatic heterocycles. The van der Waals surface area contributed by atoms with Gasteiger partial charge in [-0.3, -0.25) is 4.79 Å². The van der Waals surface area contributed by atoms with Gasteiger partial charge in [0.15, 0.2) is 0 Å². The largest absolute Gasteiger partial charge is 0.478 e. The second-order valence-electron chi connectivity index (χ2n) is 4.05. The standard InChI is InChI=1S/C10H17NO4/c1-6(7(2)9(14)15)8(13)11-10(3,4)5-12/h12H,5H2,1-4H3,(H,11,13)(H,14,15). The SMILES string of the molecule is CC(C(=O)O)=C(C)C(=O)NC(C)(C)CO. The van der Waals surface area contributed by atoms with Gasteiger partial charge < -0.3 is 15.5 Å². The molecule has 0 bridgehead atoms. The van der Waals surface area contributed by atoms with Gasteiger partial charge in [-0.2, -0.15) is 0 Å². The molecule has 0 fully saturated rings. The quantitative estimate of drug-likeness (QED) is 0.588. The van der Waals surface area contributed by atoms with Crippen LogP contribution >= 0.6 is 0 Å². The van der Waals surface area contributed by atoms with Crippen molar-refractivity contribution in [1.29, 1.82) is 0 Å². The van der Waals surface area contributed by atoms with Crippen molar-refractivity contribution in [2.24, 2.45) is 0 Å². The first kappa shape index (κ1) is 13.6.